The number of rotatable bonds is 4. The van der Waals surface area contributed by atoms with Crippen LogP contribution in [0.15, 0.2) is 15.8 Å². The molecule has 1 aliphatic carbocycles. The van der Waals surface area contributed by atoms with Gasteiger partial charge in [-0.2, -0.15) is 0 Å². The van der Waals surface area contributed by atoms with Crippen molar-refractivity contribution in [3.8, 4) is 0 Å². The first-order valence-corrected chi connectivity index (χ1v) is 11.2. The van der Waals surface area contributed by atoms with E-state index in [1.807, 2.05) is 6.92 Å². The summed E-state index contributed by atoms with van der Waals surface area (Å²) in [5.74, 6) is -0.299. The summed E-state index contributed by atoms with van der Waals surface area (Å²) in [4.78, 5) is 58.9. The third kappa shape index (κ3) is 4.01. The van der Waals surface area contributed by atoms with Crippen LogP contribution in [0.1, 0.15) is 38.2 Å². The van der Waals surface area contributed by atoms with Crippen LogP contribution >= 0.6 is 0 Å². The highest BCUT2D eigenvalue weighted by Crippen LogP contribution is 2.27. The molecule has 10 heteroatoms. The summed E-state index contributed by atoms with van der Waals surface area (Å²) in [5.41, 5.74) is 0.745. The highest BCUT2D eigenvalue weighted by Gasteiger charge is 2.26. The van der Waals surface area contributed by atoms with Gasteiger partial charge in [0.25, 0.3) is 5.56 Å². The van der Waals surface area contributed by atoms with Crippen LogP contribution in [0.25, 0.3) is 11.0 Å². The molecule has 1 N–H and O–H groups in total. The Morgan fingerprint density at radius 3 is 2.41 bits per heavy atom. The van der Waals surface area contributed by atoms with Crippen molar-refractivity contribution in [2.75, 3.05) is 31.1 Å². The number of pyridine rings is 1. The highest BCUT2D eigenvalue weighted by atomic mass is 16.2. The fraction of sp³-hybridized carbons (Fsp3) is 0.591. The van der Waals surface area contributed by atoms with Gasteiger partial charge >= 0.3 is 5.69 Å². The van der Waals surface area contributed by atoms with Gasteiger partial charge in [0.2, 0.25) is 11.8 Å². The van der Waals surface area contributed by atoms with Gasteiger partial charge < -0.3 is 15.1 Å². The summed E-state index contributed by atoms with van der Waals surface area (Å²) in [6.07, 6.45) is 5.67. The molecule has 3 heterocycles. The van der Waals surface area contributed by atoms with Crippen molar-refractivity contribution in [2.24, 2.45) is 7.05 Å². The van der Waals surface area contributed by atoms with Crippen molar-refractivity contribution in [3.05, 3.63) is 32.6 Å². The zero-order valence-corrected chi connectivity index (χ0v) is 18.9. The zero-order valence-electron chi connectivity index (χ0n) is 18.9. The van der Waals surface area contributed by atoms with E-state index in [1.165, 1.54) is 4.57 Å². The Bertz CT molecular complexity index is 1170. The highest BCUT2D eigenvalue weighted by molar-refractivity contribution is 5.91. The van der Waals surface area contributed by atoms with Crippen LogP contribution in [0.5, 0.6) is 0 Å². The molecule has 0 unspecified atom stereocenters. The van der Waals surface area contributed by atoms with Gasteiger partial charge in [-0.05, 0) is 25.3 Å². The van der Waals surface area contributed by atoms with Crippen LogP contribution in [0.2, 0.25) is 0 Å². The number of piperazine rings is 1. The number of nitrogens with one attached hydrogen (secondary N) is 1. The third-order valence-corrected chi connectivity index (χ3v) is 6.57. The maximum atomic E-state index is 13.5. The van der Waals surface area contributed by atoms with Crippen molar-refractivity contribution >= 4 is 28.5 Å². The molecule has 1 saturated heterocycles. The largest absolute Gasteiger partial charge is 0.367 e. The number of hydrogen-bond acceptors (Lipinski definition) is 6. The van der Waals surface area contributed by atoms with Crippen molar-refractivity contribution in [1.29, 1.82) is 0 Å². The van der Waals surface area contributed by atoms with Gasteiger partial charge in [-0.1, -0.05) is 12.8 Å². The SMILES string of the molecule is CC(=O)N1CCN(c2c(C)cnc3c2c(=O)n(CC(=O)NC2CCCC2)c(=O)n3C)CC1. The van der Waals surface area contributed by atoms with E-state index < -0.39 is 11.2 Å². The van der Waals surface area contributed by atoms with E-state index in [9.17, 15) is 19.2 Å². The van der Waals surface area contributed by atoms with Crippen LogP contribution in [0.4, 0.5) is 5.69 Å². The Kier molecular flexibility index (Phi) is 6.03. The maximum Gasteiger partial charge on any atom is 0.332 e. The number of aromatic nitrogens is 3. The van der Waals surface area contributed by atoms with Crippen molar-refractivity contribution < 1.29 is 9.59 Å². The normalized spacial score (nSPS) is 17.2. The minimum absolute atomic E-state index is 0.0268. The lowest BCUT2D eigenvalue weighted by Crippen LogP contribution is -2.49. The monoisotopic (exact) mass is 442 g/mol. The fourth-order valence-corrected chi connectivity index (χ4v) is 4.81. The second kappa shape index (κ2) is 8.76. The molecule has 1 aliphatic heterocycles. The summed E-state index contributed by atoms with van der Waals surface area (Å²) in [7, 11) is 1.56. The lowest BCUT2D eigenvalue weighted by Gasteiger charge is -2.36. The Hall–Kier alpha value is -3.17. The fourth-order valence-electron chi connectivity index (χ4n) is 4.81. The van der Waals surface area contributed by atoms with Crippen LogP contribution in [0, 0.1) is 6.92 Å². The smallest absolute Gasteiger partial charge is 0.332 e. The molecule has 2 amide bonds. The van der Waals surface area contributed by atoms with E-state index in [4.69, 9.17) is 0 Å². The van der Waals surface area contributed by atoms with Crippen LogP contribution in [0.3, 0.4) is 0 Å². The van der Waals surface area contributed by atoms with Gasteiger partial charge in [0.05, 0.1) is 5.69 Å². The molecule has 2 fully saturated rings. The van der Waals surface area contributed by atoms with Gasteiger partial charge in [-0.3, -0.25) is 23.5 Å². The number of anilines is 1. The summed E-state index contributed by atoms with van der Waals surface area (Å²) in [6, 6.07) is 0.111. The van der Waals surface area contributed by atoms with E-state index in [0.29, 0.717) is 42.9 Å². The predicted molar refractivity (Wildman–Crippen MR) is 121 cm³/mol. The lowest BCUT2D eigenvalue weighted by molar-refractivity contribution is -0.129. The molecular formula is C22H30N6O4. The maximum absolute atomic E-state index is 13.5. The number of fused-ring (bicyclic) bond motifs is 1. The van der Waals surface area contributed by atoms with Gasteiger partial charge in [0.1, 0.15) is 11.9 Å². The Morgan fingerprint density at radius 1 is 1.12 bits per heavy atom. The molecule has 0 radical (unpaired) electrons. The number of hydrogen-bond donors (Lipinski definition) is 1. The molecule has 172 valence electrons. The average Bonchev–Trinajstić information content (AvgIpc) is 3.28. The molecule has 1 saturated carbocycles. The van der Waals surface area contributed by atoms with Gasteiger partial charge in [0, 0.05) is 52.4 Å². The number of amides is 2. The molecule has 0 atom stereocenters. The van der Waals surface area contributed by atoms with Gasteiger partial charge in [-0.25, -0.2) is 9.78 Å². The van der Waals surface area contributed by atoms with Crippen LogP contribution in [-0.2, 0) is 23.2 Å². The molecule has 2 aromatic heterocycles. The quantitative estimate of drug-likeness (QED) is 0.721. The van der Waals surface area contributed by atoms with E-state index in [0.717, 1.165) is 35.8 Å². The summed E-state index contributed by atoms with van der Waals surface area (Å²) < 4.78 is 2.33. The predicted octanol–water partition coefficient (Wildman–Crippen LogP) is 0.131. The van der Waals surface area contributed by atoms with Gasteiger partial charge in [-0.15, -0.1) is 0 Å². The summed E-state index contributed by atoms with van der Waals surface area (Å²) in [5, 5.41) is 3.27. The van der Waals surface area contributed by atoms with Crippen molar-refractivity contribution in [1.82, 2.24) is 24.3 Å². The molecular weight excluding hydrogens is 412 g/mol. The van der Waals surface area contributed by atoms with Crippen molar-refractivity contribution in [2.45, 2.75) is 52.1 Å². The Labute approximate surface area is 185 Å². The molecule has 2 aromatic rings. The average molecular weight is 443 g/mol. The minimum Gasteiger partial charge on any atom is -0.367 e. The Morgan fingerprint density at radius 2 is 1.78 bits per heavy atom. The number of aryl methyl sites for hydroxylation is 2. The van der Waals surface area contributed by atoms with Crippen molar-refractivity contribution in [3.63, 3.8) is 0 Å². The third-order valence-electron chi connectivity index (χ3n) is 6.57. The lowest BCUT2D eigenvalue weighted by atomic mass is 10.1. The Balaban J connectivity index is 1.74. The number of carbonyl (C=O) groups excluding carboxylic acids is 2. The second-order valence-electron chi connectivity index (χ2n) is 8.76. The number of nitrogens with zero attached hydrogens (tertiary/aromatic N) is 5. The van der Waals surface area contributed by atoms with Crippen LogP contribution in [-0.4, -0.2) is 63.1 Å². The van der Waals surface area contributed by atoms with Crippen LogP contribution < -0.4 is 21.5 Å². The van der Waals surface area contributed by atoms with E-state index >= 15 is 0 Å². The summed E-state index contributed by atoms with van der Waals surface area (Å²) >= 11 is 0. The zero-order chi connectivity index (χ0) is 23.0. The summed E-state index contributed by atoms with van der Waals surface area (Å²) in [6.45, 7) is 5.37. The van der Waals surface area contributed by atoms with E-state index in [-0.39, 0.29) is 24.4 Å². The number of carbonyl (C=O) groups is 2. The molecule has 0 spiro atoms. The van der Waals surface area contributed by atoms with E-state index in [2.05, 4.69) is 15.2 Å². The molecule has 2 aliphatic rings. The van der Waals surface area contributed by atoms with E-state index in [1.54, 1.807) is 25.1 Å². The van der Waals surface area contributed by atoms with Gasteiger partial charge in [0.15, 0.2) is 5.65 Å². The first kappa shape index (κ1) is 22.0. The molecule has 4 rings (SSSR count). The topological polar surface area (TPSA) is 110 Å². The first-order valence-electron chi connectivity index (χ1n) is 11.2. The molecule has 32 heavy (non-hydrogen) atoms. The molecule has 0 bridgehead atoms. The minimum atomic E-state index is -0.562. The standard InChI is InChI=1S/C22H30N6O4/c1-14-12-23-20-18(19(14)27-10-8-26(9-11-27)15(2)29)21(31)28(22(32)25(20)3)13-17(30)24-16-6-4-5-7-16/h12,16H,4-11,13H2,1-3H3,(H,24,30). The second-order valence-corrected chi connectivity index (χ2v) is 8.76. The molecule has 10 nitrogen and oxygen atoms in total. The molecule has 0 aromatic carbocycles. The first-order chi connectivity index (χ1) is 15.3.